The van der Waals surface area contributed by atoms with Crippen LogP contribution in [0.25, 0.3) is 0 Å². The Kier molecular flexibility index (Phi) is 3.54. The van der Waals surface area contributed by atoms with E-state index in [4.69, 9.17) is 4.74 Å². The minimum absolute atomic E-state index is 0.0232. The quantitative estimate of drug-likeness (QED) is 0.468. The number of nitrogens with zero attached hydrogens (tertiary/aromatic N) is 1. The molecule has 4 rings (SSSR count). The smallest absolute Gasteiger partial charge is 0.315 e. The number of nitrogens with one attached hydrogen (secondary N) is 2. The monoisotopic (exact) mass is 346 g/mol. The van der Waals surface area contributed by atoms with Crippen molar-refractivity contribution in [2.24, 2.45) is 5.92 Å². The third-order valence-corrected chi connectivity index (χ3v) is 5.87. The van der Waals surface area contributed by atoms with Crippen molar-refractivity contribution < 1.29 is 24.1 Å². The van der Waals surface area contributed by atoms with E-state index in [1.165, 1.54) is 12.1 Å². The number of esters is 1. The zero-order valence-corrected chi connectivity index (χ0v) is 13.9. The summed E-state index contributed by atoms with van der Waals surface area (Å²) in [7, 11) is 0. The number of ether oxygens (including phenoxy) is 1. The van der Waals surface area contributed by atoms with Crippen molar-refractivity contribution in [3.05, 3.63) is 33.9 Å². The molecule has 1 spiro atoms. The van der Waals surface area contributed by atoms with Gasteiger partial charge in [0.15, 0.2) is 0 Å². The maximum Gasteiger partial charge on any atom is 0.315 e. The molecule has 1 aromatic rings. The van der Waals surface area contributed by atoms with E-state index in [0.29, 0.717) is 24.3 Å². The average molecular weight is 346 g/mol. The van der Waals surface area contributed by atoms with E-state index in [1.54, 1.807) is 13.0 Å². The van der Waals surface area contributed by atoms with Crippen molar-refractivity contribution in [1.82, 2.24) is 0 Å². The minimum Gasteiger partial charge on any atom is -0.466 e. The lowest BCUT2D eigenvalue weighted by atomic mass is 9.84. The molecule has 0 aromatic heterocycles. The van der Waals surface area contributed by atoms with E-state index in [-0.39, 0.29) is 29.5 Å². The van der Waals surface area contributed by atoms with Crippen molar-refractivity contribution in [3.63, 3.8) is 0 Å². The van der Waals surface area contributed by atoms with Gasteiger partial charge >= 0.3 is 5.97 Å². The van der Waals surface area contributed by atoms with Crippen LogP contribution in [0.3, 0.4) is 0 Å². The highest BCUT2D eigenvalue weighted by molar-refractivity contribution is 6.05. The first kappa shape index (κ1) is 16.0. The Balaban J connectivity index is 1.82. The zero-order valence-electron chi connectivity index (χ0n) is 13.9. The molecule has 1 aromatic carbocycles. The molecule has 3 heterocycles. The summed E-state index contributed by atoms with van der Waals surface area (Å²) in [5.74, 6) is -0.791. The molecule has 8 nitrogen and oxygen atoms in total. The fraction of sp³-hybridized carbons (Fsp3) is 0.529. The lowest BCUT2D eigenvalue weighted by Gasteiger charge is -2.29. The van der Waals surface area contributed by atoms with E-state index in [1.807, 2.05) is 0 Å². The van der Waals surface area contributed by atoms with Gasteiger partial charge < -0.3 is 15.0 Å². The largest absolute Gasteiger partial charge is 0.466 e. The van der Waals surface area contributed by atoms with Crippen LogP contribution in [0.1, 0.15) is 31.7 Å². The summed E-state index contributed by atoms with van der Waals surface area (Å²) < 4.78 is 5.23. The van der Waals surface area contributed by atoms with Crippen LogP contribution in [0.5, 0.6) is 0 Å². The van der Waals surface area contributed by atoms with E-state index in [2.05, 4.69) is 5.32 Å². The molecule has 0 bridgehead atoms. The molecule has 1 unspecified atom stereocenters. The molecule has 2 fully saturated rings. The van der Waals surface area contributed by atoms with Crippen LogP contribution in [-0.2, 0) is 19.9 Å². The van der Waals surface area contributed by atoms with Gasteiger partial charge in [0.1, 0.15) is 12.0 Å². The Morgan fingerprint density at radius 2 is 2.32 bits per heavy atom. The van der Waals surface area contributed by atoms with E-state index in [0.717, 1.165) is 24.3 Å². The van der Waals surface area contributed by atoms with Crippen molar-refractivity contribution in [3.8, 4) is 0 Å². The summed E-state index contributed by atoms with van der Waals surface area (Å²) >= 11 is 0. The number of amides is 1. The molecule has 0 saturated carbocycles. The summed E-state index contributed by atoms with van der Waals surface area (Å²) in [6, 6.07) is 4.49. The molecule has 0 radical (unpaired) electrons. The number of rotatable bonds is 3. The van der Waals surface area contributed by atoms with E-state index in [9.17, 15) is 19.7 Å². The predicted molar refractivity (Wildman–Crippen MR) is 87.0 cm³/mol. The van der Waals surface area contributed by atoms with Crippen LogP contribution in [-0.4, -0.2) is 36.0 Å². The van der Waals surface area contributed by atoms with Crippen LogP contribution in [0, 0.1) is 16.0 Å². The van der Waals surface area contributed by atoms with Crippen LogP contribution in [0.4, 0.5) is 11.4 Å². The number of anilines is 1. The first-order chi connectivity index (χ1) is 12.0. The summed E-state index contributed by atoms with van der Waals surface area (Å²) in [4.78, 5) is 37.2. The lowest BCUT2D eigenvalue weighted by Crippen LogP contribution is -3.19. The van der Waals surface area contributed by atoms with Gasteiger partial charge in [0.25, 0.3) is 11.6 Å². The summed E-state index contributed by atoms with van der Waals surface area (Å²) in [5.41, 5.74) is 0.281. The van der Waals surface area contributed by atoms with Crippen LogP contribution in [0.15, 0.2) is 18.2 Å². The normalized spacial score (nSPS) is 32.4. The Labute approximate surface area is 144 Å². The van der Waals surface area contributed by atoms with Gasteiger partial charge in [-0.1, -0.05) is 0 Å². The summed E-state index contributed by atoms with van der Waals surface area (Å²) in [5, 5.41) is 14.1. The van der Waals surface area contributed by atoms with Gasteiger partial charge in [-0.15, -0.1) is 0 Å². The van der Waals surface area contributed by atoms with Crippen LogP contribution < -0.4 is 10.2 Å². The Hall–Kier alpha value is -2.48. The van der Waals surface area contributed by atoms with Gasteiger partial charge in [-0.3, -0.25) is 19.7 Å². The van der Waals surface area contributed by atoms with Gasteiger partial charge in [-0.05, 0) is 13.0 Å². The Morgan fingerprint density at radius 1 is 1.52 bits per heavy atom. The van der Waals surface area contributed by atoms with Gasteiger partial charge in [0, 0.05) is 31.4 Å². The van der Waals surface area contributed by atoms with Crippen LogP contribution >= 0.6 is 0 Å². The maximum atomic E-state index is 13.0. The van der Waals surface area contributed by atoms with Crippen LogP contribution in [0.2, 0.25) is 0 Å². The molecule has 0 aliphatic carbocycles. The summed E-state index contributed by atoms with van der Waals surface area (Å²) in [6.45, 7) is 2.84. The number of carbonyl (C=O) groups is 2. The van der Waals surface area contributed by atoms with Crippen molar-refractivity contribution in [1.29, 1.82) is 0 Å². The average Bonchev–Trinajstić information content (AvgIpc) is 3.23. The Bertz CT molecular complexity index is 780. The predicted octanol–water partition coefficient (Wildman–Crippen LogP) is 0.373. The zero-order chi connectivity index (χ0) is 17.8. The van der Waals surface area contributed by atoms with E-state index < -0.39 is 10.5 Å². The summed E-state index contributed by atoms with van der Waals surface area (Å²) in [6.07, 6.45) is 2.12. The highest BCUT2D eigenvalue weighted by Gasteiger charge is 2.67. The SMILES string of the molecule is CCOC(=O)[C@H]1C[C@@]2(C(=O)Nc3ccc([N+](=O)[O-])cc32)[NH+]2CCC[C@@H]12. The molecule has 3 aliphatic heterocycles. The fourth-order valence-electron chi connectivity index (χ4n) is 4.93. The molecule has 2 saturated heterocycles. The maximum absolute atomic E-state index is 13.0. The first-order valence-electron chi connectivity index (χ1n) is 8.62. The minimum atomic E-state index is -0.931. The second kappa shape index (κ2) is 5.52. The number of non-ortho nitro benzene ring substituents is 1. The molecule has 4 atom stereocenters. The number of hydrogen-bond donors (Lipinski definition) is 2. The molecular formula is C17H20N3O5+. The number of quaternary nitrogens is 1. The third-order valence-electron chi connectivity index (χ3n) is 5.87. The standard InChI is InChI=1S/C17H19N3O5/c1-2-25-15(21)11-9-17(19-7-3-4-14(11)19)12-8-10(20(23)24)5-6-13(12)18-16(17)22/h5-6,8,11,14H,2-4,7,9H2,1H3,(H,18,22)/p+1/t11-,14-,17+/m0/s1. The Morgan fingerprint density at radius 3 is 3.04 bits per heavy atom. The second-order valence-corrected chi connectivity index (χ2v) is 6.93. The van der Waals surface area contributed by atoms with E-state index >= 15 is 0 Å². The molecule has 2 N–H and O–H groups in total. The number of nitro groups is 1. The molecule has 3 aliphatic rings. The van der Waals surface area contributed by atoms with Crippen molar-refractivity contribution in [2.45, 2.75) is 37.8 Å². The highest BCUT2D eigenvalue weighted by Crippen LogP contribution is 2.45. The molecular weight excluding hydrogens is 326 g/mol. The number of hydrogen-bond acceptors (Lipinski definition) is 5. The van der Waals surface area contributed by atoms with Gasteiger partial charge in [-0.2, -0.15) is 0 Å². The number of fused-ring (bicyclic) bond motifs is 4. The van der Waals surface area contributed by atoms with Gasteiger partial charge in [-0.25, -0.2) is 0 Å². The number of benzene rings is 1. The third kappa shape index (κ3) is 2.10. The first-order valence-corrected chi connectivity index (χ1v) is 8.62. The molecule has 1 amide bonds. The molecule has 25 heavy (non-hydrogen) atoms. The van der Waals surface area contributed by atoms with Crippen molar-refractivity contribution in [2.75, 3.05) is 18.5 Å². The topological polar surface area (TPSA) is 103 Å². The second-order valence-electron chi connectivity index (χ2n) is 6.93. The lowest BCUT2D eigenvalue weighted by molar-refractivity contribution is -0.947. The number of carbonyl (C=O) groups excluding carboxylic acids is 2. The fourth-order valence-corrected chi connectivity index (χ4v) is 4.93. The number of nitro benzene ring substituents is 1. The molecule has 8 heteroatoms. The molecule has 132 valence electrons. The van der Waals surface area contributed by atoms with Crippen molar-refractivity contribution >= 4 is 23.3 Å². The highest BCUT2D eigenvalue weighted by atomic mass is 16.6. The van der Waals surface area contributed by atoms with Gasteiger partial charge in [0.2, 0.25) is 5.54 Å². The van der Waals surface area contributed by atoms with Gasteiger partial charge in [0.05, 0.1) is 29.3 Å².